The van der Waals surface area contributed by atoms with Crippen LogP contribution in [0.4, 0.5) is 5.95 Å². The number of aromatic nitrogens is 4. The van der Waals surface area contributed by atoms with E-state index in [-0.39, 0.29) is 0 Å². The lowest BCUT2D eigenvalue weighted by Gasteiger charge is -2.03. The summed E-state index contributed by atoms with van der Waals surface area (Å²) in [4.78, 5) is 8.15. The van der Waals surface area contributed by atoms with Crippen molar-refractivity contribution in [2.75, 3.05) is 5.73 Å². The fourth-order valence-corrected chi connectivity index (χ4v) is 1.31. The summed E-state index contributed by atoms with van der Waals surface area (Å²) >= 11 is 0. The van der Waals surface area contributed by atoms with Gasteiger partial charge in [-0.25, -0.2) is 9.97 Å². The first-order valence-corrected chi connectivity index (χ1v) is 4.41. The Labute approximate surface area is 81.4 Å². The van der Waals surface area contributed by atoms with Crippen molar-refractivity contribution in [1.29, 1.82) is 0 Å². The molecule has 0 spiro atoms. The standard InChI is InChI=1S/C9H11N5/c1-2-6-3-11-9(10)14-8(6)7-4-12-13-5-7/h3-5H,2H2,1H3,(H,12,13)(H2,10,11,14). The molecule has 0 amide bonds. The van der Waals surface area contributed by atoms with Crippen molar-refractivity contribution in [2.24, 2.45) is 0 Å². The molecule has 2 aromatic rings. The number of aromatic amines is 1. The Morgan fingerprint density at radius 2 is 2.29 bits per heavy atom. The lowest BCUT2D eigenvalue weighted by atomic mass is 10.1. The quantitative estimate of drug-likeness (QED) is 0.738. The normalized spacial score (nSPS) is 10.4. The van der Waals surface area contributed by atoms with E-state index in [0.717, 1.165) is 23.2 Å². The fraction of sp³-hybridized carbons (Fsp3) is 0.222. The van der Waals surface area contributed by atoms with Crippen molar-refractivity contribution < 1.29 is 0 Å². The second-order valence-corrected chi connectivity index (χ2v) is 2.94. The highest BCUT2D eigenvalue weighted by Crippen LogP contribution is 2.20. The summed E-state index contributed by atoms with van der Waals surface area (Å²) in [5, 5.41) is 6.63. The molecule has 3 N–H and O–H groups in total. The summed E-state index contributed by atoms with van der Waals surface area (Å²) in [5.74, 6) is 0.290. The van der Waals surface area contributed by atoms with E-state index in [1.807, 2.05) is 0 Å². The van der Waals surface area contributed by atoms with Crippen LogP contribution in [0, 0.1) is 0 Å². The van der Waals surface area contributed by atoms with Gasteiger partial charge in [-0.1, -0.05) is 6.92 Å². The number of nitrogen functional groups attached to an aromatic ring is 1. The molecule has 0 aliphatic carbocycles. The van der Waals surface area contributed by atoms with Crippen LogP contribution in [0.5, 0.6) is 0 Å². The predicted octanol–water partition coefficient (Wildman–Crippen LogP) is 1.01. The van der Waals surface area contributed by atoms with E-state index in [1.165, 1.54) is 0 Å². The van der Waals surface area contributed by atoms with Crippen molar-refractivity contribution >= 4 is 5.95 Å². The summed E-state index contributed by atoms with van der Waals surface area (Å²) in [7, 11) is 0. The Bertz CT molecular complexity index is 421. The van der Waals surface area contributed by atoms with Crippen LogP contribution in [0.2, 0.25) is 0 Å². The first-order chi connectivity index (χ1) is 6.81. The van der Waals surface area contributed by atoms with Crippen molar-refractivity contribution in [2.45, 2.75) is 13.3 Å². The van der Waals surface area contributed by atoms with Crippen LogP contribution >= 0.6 is 0 Å². The zero-order valence-electron chi connectivity index (χ0n) is 7.86. The van der Waals surface area contributed by atoms with Gasteiger partial charge in [-0.2, -0.15) is 5.10 Å². The summed E-state index contributed by atoms with van der Waals surface area (Å²) < 4.78 is 0. The summed E-state index contributed by atoms with van der Waals surface area (Å²) in [6.07, 6.45) is 6.15. The zero-order valence-corrected chi connectivity index (χ0v) is 7.86. The molecule has 5 nitrogen and oxygen atoms in total. The van der Waals surface area contributed by atoms with Crippen LogP contribution in [0.1, 0.15) is 12.5 Å². The number of aryl methyl sites for hydroxylation is 1. The lowest BCUT2D eigenvalue weighted by Crippen LogP contribution is -1.99. The van der Waals surface area contributed by atoms with Gasteiger partial charge >= 0.3 is 0 Å². The minimum atomic E-state index is 0.290. The number of hydrogen-bond donors (Lipinski definition) is 2. The van der Waals surface area contributed by atoms with Crippen molar-refractivity contribution in [3.8, 4) is 11.3 Å². The van der Waals surface area contributed by atoms with Gasteiger partial charge in [-0.15, -0.1) is 0 Å². The third-order valence-corrected chi connectivity index (χ3v) is 2.04. The van der Waals surface area contributed by atoms with Gasteiger partial charge in [0, 0.05) is 18.0 Å². The molecule has 14 heavy (non-hydrogen) atoms. The molecule has 72 valence electrons. The molecule has 2 rings (SSSR count). The monoisotopic (exact) mass is 189 g/mol. The van der Waals surface area contributed by atoms with Crippen LogP contribution in [0.25, 0.3) is 11.3 Å². The first kappa shape index (κ1) is 8.68. The number of hydrogen-bond acceptors (Lipinski definition) is 4. The van der Waals surface area contributed by atoms with E-state index in [2.05, 4.69) is 27.1 Å². The number of anilines is 1. The molecule has 0 fully saturated rings. The molecule has 0 aliphatic rings. The second-order valence-electron chi connectivity index (χ2n) is 2.94. The number of rotatable bonds is 2. The molecule has 0 saturated carbocycles. The molecule has 0 radical (unpaired) electrons. The molecule has 2 heterocycles. The smallest absolute Gasteiger partial charge is 0.220 e. The maximum absolute atomic E-state index is 5.54. The molecule has 5 heteroatoms. The Morgan fingerprint density at radius 1 is 1.43 bits per heavy atom. The third kappa shape index (κ3) is 1.44. The molecule has 0 aliphatic heterocycles. The SMILES string of the molecule is CCc1cnc(N)nc1-c1cn[nH]c1. The Hall–Kier alpha value is -1.91. The van der Waals surface area contributed by atoms with Crippen LogP contribution in [-0.2, 0) is 6.42 Å². The van der Waals surface area contributed by atoms with Gasteiger partial charge in [-0.3, -0.25) is 5.10 Å². The average molecular weight is 189 g/mol. The third-order valence-electron chi connectivity index (χ3n) is 2.04. The molecule has 2 aromatic heterocycles. The van der Waals surface area contributed by atoms with Crippen LogP contribution in [0.15, 0.2) is 18.6 Å². The minimum Gasteiger partial charge on any atom is -0.368 e. The van der Waals surface area contributed by atoms with Crippen LogP contribution < -0.4 is 5.73 Å². The highest BCUT2D eigenvalue weighted by Gasteiger charge is 2.07. The van der Waals surface area contributed by atoms with E-state index in [1.54, 1.807) is 18.6 Å². The topological polar surface area (TPSA) is 80.5 Å². The summed E-state index contributed by atoms with van der Waals surface area (Å²) in [6.45, 7) is 2.05. The molecule has 0 aromatic carbocycles. The van der Waals surface area contributed by atoms with Gasteiger partial charge in [0.2, 0.25) is 5.95 Å². The average Bonchev–Trinajstić information content (AvgIpc) is 2.70. The van der Waals surface area contributed by atoms with E-state index in [4.69, 9.17) is 5.73 Å². The molecular formula is C9H11N5. The van der Waals surface area contributed by atoms with Crippen LogP contribution in [0.3, 0.4) is 0 Å². The lowest BCUT2D eigenvalue weighted by molar-refractivity contribution is 1.06. The first-order valence-electron chi connectivity index (χ1n) is 4.41. The largest absolute Gasteiger partial charge is 0.368 e. The van der Waals surface area contributed by atoms with Crippen molar-refractivity contribution in [3.63, 3.8) is 0 Å². The van der Waals surface area contributed by atoms with Gasteiger partial charge in [-0.05, 0) is 12.0 Å². The molecular weight excluding hydrogens is 178 g/mol. The molecule has 0 unspecified atom stereocenters. The highest BCUT2D eigenvalue weighted by atomic mass is 15.1. The molecule has 0 saturated heterocycles. The highest BCUT2D eigenvalue weighted by molar-refractivity contribution is 5.61. The zero-order chi connectivity index (χ0) is 9.97. The van der Waals surface area contributed by atoms with E-state index in [9.17, 15) is 0 Å². The van der Waals surface area contributed by atoms with Crippen molar-refractivity contribution in [3.05, 3.63) is 24.2 Å². The van der Waals surface area contributed by atoms with E-state index >= 15 is 0 Å². The van der Waals surface area contributed by atoms with E-state index in [0.29, 0.717) is 5.95 Å². The van der Waals surface area contributed by atoms with Gasteiger partial charge < -0.3 is 5.73 Å². The number of nitrogens with one attached hydrogen (secondary N) is 1. The van der Waals surface area contributed by atoms with Gasteiger partial charge in [0.05, 0.1) is 11.9 Å². The maximum Gasteiger partial charge on any atom is 0.220 e. The van der Waals surface area contributed by atoms with Crippen LogP contribution in [-0.4, -0.2) is 20.2 Å². The number of nitrogens with zero attached hydrogens (tertiary/aromatic N) is 3. The van der Waals surface area contributed by atoms with Gasteiger partial charge in [0.1, 0.15) is 0 Å². The number of nitrogens with two attached hydrogens (primary N) is 1. The summed E-state index contributed by atoms with van der Waals surface area (Å²) in [6, 6.07) is 0. The number of H-pyrrole nitrogens is 1. The Balaban J connectivity index is 2.55. The van der Waals surface area contributed by atoms with E-state index < -0.39 is 0 Å². The molecule has 0 bridgehead atoms. The fourth-order valence-electron chi connectivity index (χ4n) is 1.31. The summed E-state index contributed by atoms with van der Waals surface area (Å²) in [5.41, 5.74) is 8.40. The Morgan fingerprint density at radius 3 is 2.93 bits per heavy atom. The van der Waals surface area contributed by atoms with Gasteiger partial charge in [0.25, 0.3) is 0 Å². The van der Waals surface area contributed by atoms with Gasteiger partial charge in [0.15, 0.2) is 0 Å². The predicted molar refractivity (Wildman–Crippen MR) is 53.4 cm³/mol. The molecule has 0 atom stereocenters. The maximum atomic E-state index is 5.54. The minimum absolute atomic E-state index is 0.290. The Kier molecular flexibility index (Phi) is 2.14. The van der Waals surface area contributed by atoms with Crippen molar-refractivity contribution in [1.82, 2.24) is 20.2 Å². The second kappa shape index (κ2) is 3.45.